The van der Waals surface area contributed by atoms with E-state index in [9.17, 15) is 19.5 Å². The largest absolute Gasteiger partial charge is 0.481 e. The molecule has 0 saturated carbocycles. The van der Waals surface area contributed by atoms with Crippen molar-refractivity contribution in [2.24, 2.45) is 11.8 Å². The number of amides is 1. The lowest BCUT2D eigenvalue weighted by Crippen LogP contribution is -2.47. The average Bonchev–Trinajstić information content (AvgIpc) is 2.95. The van der Waals surface area contributed by atoms with Crippen LogP contribution in [0.15, 0.2) is 12.2 Å². The molecule has 1 heterocycles. The number of rotatable bonds is 3. The van der Waals surface area contributed by atoms with Gasteiger partial charge in [-0.15, -0.1) is 0 Å². The van der Waals surface area contributed by atoms with E-state index in [4.69, 9.17) is 4.74 Å². The standard InChI is InChI=1S/C14H19NO5/c1-20-14(19)11-7-4-8-15(11)12(16)9-5-2-3-6-10(9)13(17)18/h2-3,9-11H,4-8H2,1H3,(H,17,18). The van der Waals surface area contributed by atoms with E-state index in [2.05, 4.69) is 0 Å². The summed E-state index contributed by atoms with van der Waals surface area (Å²) >= 11 is 0. The molecule has 1 fully saturated rings. The van der Waals surface area contributed by atoms with E-state index in [1.165, 1.54) is 12.0 Å². The molecule has 6 nitrogen and oxygen atoms in total. The number of methoxy groups -OCH3 is 1. The molecule has 3 unspecified atom stereocenters. The van der Waals surface area contributed by atoms with Gasteiger partial charge in [0, 0.05) is 6.54 Å². The van der Waals surface area contributed by atoms with Gasteiger partial charge < -0.3 is 14.7 Å². The second-order valence-corrected chi connectivity index (χ2v) is 5.21. The van der Waals surface area contributed by atoms with Gasteiger partial charge >= 0.3 is 11.9 Å². The smallest absolute Gasteiger partial charge is 0.328 e. The van der Waals surface area contributed by atoms with Crippen LogP contribution in [0.1, 0.15) is 25.7 Å². The molecule has 0 aromatic heterocycles. The van der Waals surface area contributed by atoms with Crippen LogP contribution >= 0.6 is 0 Å². The van der Waals surface area contributed by atoms with Gasteiger partial charge in [-0.2, -0.15) is 0 Å². The first-order chi connectivity index (χ1) is 9.56. The molecule has 0 radical (unpaired) electrons. The van der Waals surface area contributed by atoms with Crippen molar-refractivity contribution in [2.45, 2.75) is 31.7 Å². The maximum Gasteiger partial charge on any atom is 0.328 e. The van der Waals surface area contributed by atoms with Crippen molar-refractivity contribution in [2.75, 3.05) is 13.7 Å². The van der Waals surface area contributed by atoms with Crippen molar-refractivity contribution in [1.82, 2.24) is 4.90 Å². The predicted octanol–water partition coefficient (Wildman–Crippen LogP) is 0.817. The summed E-state index contributed by atoms with van der Waals surface area (Å²) in [6, 6.07) is -0.562. The zero-order valence-electron chi connectivity index (χ0n) is 11.4. The Morgan fingerprint density at radius 2 is 1.85 bits per heavy atom. The molecule has 1 N–H and O–H groups in total. The molecule has 6 heteroatoms. The summed E-state index contributed by atoms with van der Waals surface area (Å²) < 4.78 is 4.71. The van der Waals surface area contributed by atoms with Crippen molar-refractivity contribution in [3.63, 3.8) is 0 Å². The Bertz CT molecular complexity index is 445. The quantitative estimate of drug-likeness (QED) is 0.611. The first-order valence-electron chi connectivity index (χ1n) is 6.82. The Hall–Kier alpha value is -1.85. The lowest BCUT2D eigenvalue weighted by molar-refractivity contribution is -0.156. The number of hydrogen-bond acceptors (Lipinski definition) is 4. The van der Waals surface area contributed by atoms with E-state index in [1.54, 1.807) is 6.08 Å². The van der Waals surface area contributed by atoms with Crippen LogP contribution in [0, 0.1) is 11.8 Å². The van der Waals surface area contributed by atoms with E-state index < -0.39 is 29.8 Å². The highest BCUT2D eigenvalue weighted by Gasteiger charge is 2.42. The highest BCUT2D eigenvalue weighted by Crippen LogP contribution is 2.30. The molecule has 1 saturated heterocycles. The normalized spacial score (nSPS) is 29.2. The fraction of sp³-hybridized carbons (Fsp3) is 0.643. The van der Waals surface area contributed by atoms with Gasteiger partial charge in [0.25, 0.3) is 0 Å². The molecule has 1 aliphatic heterocycles. The van der Waals surface area contributed by atoms with Crippen LogP contribution in [-0.4, -0.2) is 47.5 Å². The van der Waals surface area contributed by atoms with Gasteiger partial charge in [0.1, 0.15) is 6.04 Å². The van der Waals surface area contributed by atoms with Gasteiger partial charge in [0.05, 0.1) is 18.9 Å². The van der Waals surface area contributed by atoms with Crippen molar-refractivity contribution in [3.8, 4) is 0 Å². The number of carboxylic acids is 1. The molecular weight excluding hydrogens is 262 g/mol. The Morgan fingerprint density at radius 1 is 1.20 bits per heavy atom. The van der Waals surface area contributed by atoms with Crippen LogP contribution in [0.2, 0.25) is 0 Å². The monoisotopic (exact) mass is 281 g/mol. The molecule has 1 aliphatic carbocycles. The number of carbonyl (C=O) groups is 3. The summed E-state index contributed by atoms with van der Waals surface area (Å²) in [6.45, 7) is 0.491. The molecule has 2 aliphatic rings. The Labute approximate surface area is 117 Å². The van der Waals surface area contributed by atoms with E-state index >= 15 is 0 Å². The molecule has 110 valence electrons. The third-order valence-electron chi connectivity index (χ3n) is 4.08. The van der Waals surface area contributed by atoms with Gasteiger partial charge in [-0.25, -0.2) is 4.79 Å². The number of nitrogens with zero attached hydrogens (tertiary/aromatic N) is 1. The number of esters is 1. The van der Waals surface area contributed by atoms with Gasteiger partial charge in [-0.3, -0.25) is 9.59 Å². The van der Waals surface area contributed by atoms with Crippen molar-refractivity contribution in [3.05, 3.63) is 12.2 Å². The van der Waals surface area contributed by atoms with Gasteiger partial charge in [0.15, 0.2) is 0 Å². The Kier molecular flexibility index (Phi) is 4.42. The van der Waals surface area contributed by atoms with E-state index in [0.717, 1.165) is 6.42 Å². The molecule has 0 aromatic rings. The van der Waals surface area contributed by atoms with Crippen LogP contribution in [0.25, 0.3) is 0 Å². The molecule has 0 spiro atoms. The molecular formula is C14H19NO5. The summed E-state index contributed by atoms with van der Waals surface area (Å²) in [5.74, 6) is -2.90. The third kappa shape index (κ3) is 2.69. The van der Waals surface area contributed by atoms with Gasteiger partial charge in [-0.1, -0.05) is 12.2 Å². The fourth-order valence-corrected chi connectivity index (χ4v) is 2.98. The molecule has 1 amide bonds. The van der Waals surface area contributed by atoms with Crippen molar-refractivity contribution >= 4 is 17.8 Å². The number of ether oxygens (including phenoxy) is 1. The first-order valence-corrected chi connectivity index (χ1v) is 6.82. The summed E-state index contributed by atoms with van der Waals surface area (Å²) in [7, 11) is 1.30. The zero-order valence-corrected chi connectivity index (χ0v) is 11.4. The van der Waals surface area contributed by atoms with Crippen molar-refractivity contribution < 1.29 is 24.2 Å². The van der Waals surface area contributed by atoms with Gasteiger partial charge in [0.2, 0.25) is 5.91 Å². The van der Waals surface area contributed by atoms with Crippen LogP contribution in [0.5, 0.6) is 0 Å². The first kappa shape index (κ1) is 14.6. The van der Waals surface area contributed by atoms with Crippen LogP contribution in [0.3, 0.4) is 0 Å². The van der Waals surface area contributed by atoms with Crippen LogP contribution in [0.4, 0.5) is 0 Å². The van der Waals surface area contributed by atoms with E-state index in [-0.39, 0.29) is 5.91 Å². The molecule has 2 rings (SSSR count). The molecule has 0 bridgehead atoms. The van der Waals surface area contributed by atoms with Crippen LogP contribution in [-0.2, 0) is 19.1 Å². The maximum atomic E-state index is 12.6. The topological polar surface area (TPSA) is 83.9 Å². The van der Waals surface area contributed by atoms with Crippen LogP contribution < -0.4 is 0 Å². The second-order valence-electron chi connectivity index (χ2n) is 5.21. The Balaban J connectivity index is 2.15. The van der Waals surface area contributed by atoms with Crippen molar-refractivity contribution in [1.29, 1.82) is 0 Å². The number of carboxylic acid groups (broad SMARTS) is 1. The molecule has 0 aromatic carbocycles. The molecule has 3 atom stereocenters. The van der Waals surface area contributed by atoms with E-state index in [0.29, 0.717) is 25.8 Å². The zero-order chi connectivity index (χ0) is 14.7. The number of hydrogen-bond donors (Lipinski definition) is 1. The highest BCUT2D eigenvalue weighted by atomic mass is 16.5. The maximum absolute atomic E-state index is 12.6. The summed E-state index contributed by atoms with van der Waals surface area (Å²) in [5, 5.41) is 9.23. The number of likely N-dealkylation sites (tertiary alicyclic amines) is 1. The number of carbonyl (C=O) groups excluding carboxylic acids is 2. The minimum atomic E-state index is -0.957. The second kappa shape index (κ2) is 6.07. The predicted molar refractivity (Wildman–Crippen MR) is 69.7 cm³/mol. The number of aliphatic carboxylic acids is 1. The average molecular weight is 281 g/mol. The highest BCUT2D eigenvalue weighted by molar-refractivity contribution is 5.89. The number of allylic oxidation sites excluding steroid dienone is 2. The van der Waals surface area contributed by atoms with E-state index in [1.807, 2.05) is 6.08 Å². The lowest BCUT2D eigenvalue weighted by atomic mass is 9.82. The summed E-state index contributed by atoms with van der Waals surface area (Å²) in [4.78, 5) is 37.0. The minimum absolute atomic E-state index is 0.241. The third-order valence-corrected chi connectivity index (χ3v) is 4.08. The molecule has 20 heavy (non-hydrogen) atoms. The fourth-order valence-electron chi connectivity index (χ4n) is 2.98. The van der Waals surface area contributed by atoms with Gasteiger partial charge in [-0.05, 0) is 25.7 Å². The SMILES string of the molecule is COC(=O)C1CCCN1C(=O)C1CC=CCC1C(=O)O. The Morgan fingerprint density at radius 3 is 2.45 bits per heavy atom. The lowest BCUT2D eigenvalue weighted by Gasteiger charge is -2.31. The summed E-state index contributed by atoms with van der Waals surface area (Å²) in [5.41, 5.74) is 0. The summed E-state index contributed by atoms with van der Waals surface area (Å²) in [6.07, 6.45) is 5.74. The minimum Gasteiger partial charge on any atom is -0.481 e.